The first kappa shape index (κ1) is 19.8. The van der Waals surface area contributed by atoms with Crippen LogP contribution in [0.5, 0.6) is 28.7 Å². The summed E-state index contributed by atoms with van der Waals surface area (Å²) in [6.45, 7) is 0.207. The maximum Gasteiger partial charge on any atom is 0.161 e. The largest absolute Gasteiger partial charge is 0.508 e. The normalized spacial score (nSPS) is 11.3. The van der Waals surface area contributed by atoms with Crippen LogP contribution in [-0.2, 0) is 6.54 Å². The number of aliphatic imine (C=N–C) groups is 1. The lowest BCUT2D eigenvalue weighted by atomic mass is 10.1. The molecule has 3 rings (SSSR count). The van der Waals surface area contributed by atoms with Gasteiger partial charge in [0.15, 0.2) is 11.5 Å². The van der Waals surface area contributed by atoms with Crippen LogP contribution in [-0.4, -0.2) is 33.8 Å². The molecule has 3 aromatic carbocycles. The molecule has 4 N–H and O–H groups in total. The number of phenols is 4. The molecular formula is C23H21NO5. The topological polar surface area (TPSA) is 103 Å². The van der Waals surface area contributed by atoms with Gasteiger partial charge in [0.2, 0.25) is 0 Å². The van der Waals surface area contributed by atoms with Crippen LogP contribution in [0.15, 0.2) is 59.6 Å². The number of nitrogens with zero attached hydrogens (tertiary/aromatic N) is 1. The quantitative estimate of drug-likeness (QED) is 0.370. The van der Waals surface area contributed by atoms with E-state index < -0.39 is 0 Å². The van der Waals surface area contributed by atoms with Crippen molar-refractivity contribution in [3.8, 4) is 28.7 Å². The maximum absolute atomic E-state index is 10.1. The van der Waals surface area contributed by atoms with Crippen LogP contribution < -0.4 is 4.74 Å². The van der Waals surface area contributed by atoms with Crippen molar-refractivity contribution in [1.82, 2.24) is 0 Å². The Morgan fingerprint density at radius 1 is 0.793 bits per heavy atom. The molecule has 0 amide bonds. The van der Waals surface area contributed by atoms with Crippen LogP contribution in [0.4, 0.5) is 0 Å². The Hall–Kier alpha value is -3.93. The highest BCUT2D eigenvalue weighted by atomic mass is 16.5. The van der Waals surface area contributed by atoms with Crippen LogP contribution in [0, 0.1) is 0 Å². The molecule has 6 nitrogen and oxygen atoms in total. The molecule has 0 aliphatic rings. The van der Waals surface area contributed by atoms with Crippen molar-refractivity contribution in [2.24, 2.45) is 4.99 Å². The van der Waals surface area contributed by atoms with Crippen molar-refractivity contribution < 1.29 is 25.2 Å². The van der Waals surface area contributed by atoms with Gasteiger partial charge in [0, 0.05) is 23.4 Å². The van der Waals surface area contributed by atoms with Crippen molar-refractivity contribution in [3.63, 3.8) is 0 Å². The van der Waals surface area contributed by atoms with Gasteiger partial charge >= 0.3 is 0 Å². The standard InChI is InChI=1S/C23H21NO5/c1-29-23-11-16(5-9-21(23)27)3-2-15-4-8-20(26)18(10-15)14-24-13-17-6-7-19(25)12-22(17)28/h2-12,14,25-28H,13H2,1H3/b3-2+,24-14?. The molecule has 0 heterocycles. The van der Waals surface area contributed by atoms with Crippen LogP contribution in [0.2, 0.25) is 0 Å². The number of rotatable bonds is 6. The first-order chi connectivity index (χ1) is 14.0. The number of hydrogen-bond acceptors (Lipinski definition) is 6. The number of aromatic hydroxyl groups is 4. The van der Waals surface area contributed by atoms with Crippen molar-refractivity contribution in [2.45, 2.75) is 6.54 Å². The molecule has 3 aromatic rings. The molecule has 0 aliphatic heterocycles. The fourth-order valence-corrected chi connectivity index (χ4v) is 2.70. The van der Waals surface area contributed by atoms with Gasteiger partial charge in [-0.2, -0.15) is 0 Å². The number of benzene rings is 3. The molecule has 0 aliphatic carbocycles. The van der Waals surface area contributed by atoms with Gasteiger partial charge in [0.1, 0.15) is 17.2 Å². The molecule has 29 heavy (non-hydrogen) atoms. The highest BCUT2D eigenvalue weighted by Gasteiger charge is 2.03. The Morgan fingerprint density at radius 2 is 1.48 bits per heavy atom. The van der Waals surface area contributed by atoms with Gasteiger partial charge in [0.05, 0.1) is 13.7 Å². The molecule has 0 fully saturated rings. The van der Waals surface area contributed by atoms with Crippen molar-refractivity contribution in [2.75, 3.05) is 7.11 Å². The second-order valence-electron chi connectivity index (χ2n) is 6.37. The smallest absolute Gasteiger partial charge is 0.161 e. The average molecular weight is 391 g/mol. The second kappa shape index (κ2) is 8.84. The van der Waals surface area contributed by atoms with Crippen LogP contribution in [0.1, 0.15) is 22.3 Å². The van der Waals surface area contributed by atoms with E-state index in [0.29, 0.717) is 16.9 Å². The summed E-state index contributed by atoms with van der Waals surface area (Å²) >= 11 is 0. The summed E-state index contributed by atoms with van der Waals surface area (Å²) in [5.41, 5.74) is 2.80. The minimum absolute atomic E-state index is 0.0152. The maximum atomic E-state index is 10.1. The lowest BCUT2D eigenvalue weighted by Gasteiger charge is -2.04. The van der Waals surface area contributed by atoms with E-state index in [-0.39, 0.29) is 29.5 Å². The highest BCUT2D eigenvalue weighted by molar-refractivity contribution is 5.85. The molecule has 148 valence electrons. The average Bonchev–Trinajstić information content (AvgIpc) is 2.71. The molecule has 0 saturated carbocycles. The number of hydrogen-bond donors (Lipinski definition) is 4. The predicted octanol–water partition coefficient (Wildman–Crippen LogP) is 4.31. The van der Waals surface area contributed by atoms with Gasteiger partial charge in [-0.15, -0.1) is 0 Å². The van der Waals surface area contributed by atoms with E-state index in [9.17, 15) is 20.4 Å². The lowest BCUT2D eigenvalue weighted by molar-refractivity contribution is 0.373. The minimum atomic E-state index is -0.0348. The first-order valence-corrected chi connectivity index (χ1v) is 8.85. The Morgan fingerprint density at radius 3 is 2.17 bits per heavy atom. The molecule has 0 saturated heterocycles. The molecule has 0 radical (unpaired) electrons. The molecule has 6 heteroatoms. The van der Waals surface area contributed by atoms with Crippen LogP contribution in [0.3, 0.4) is 0 Å². The summed E-state index contributed by atoms with van der Waals surface area (Å²) in [4.78, 5) is 4.26. The third-order valence-corrected chi connectivity index (χ3v) is 4.28. The molecule has 0 spiro atoms. The summed E-state index contributed by atoms with van der Waals surface area (Å²) in [6.07, 6.45) is 5.26. The van der Waals surface area contributed by atoms with Gasteiger partial charge in [0.25, 0.3) is 0 Å². The second-order valence-corrected chi connectivity index (χ2v) is 6.37. The van der Waals surface area contributed by atoms with Gasteiger partial charge < -0.3 is 25.2 Å². The molecule has 0 atom stereocenters. The predicted molar refractivity (Wildman–Crippen MR) is 113 cm³/mol. The zero-order valence-electron chi connectivity index (χ0n) is 15.8. The summed E-state index contributed by atoms with van der Waals surface area (Å²) in [6, 6.07) is 14.5. The zero-order chi connectivity index (χ0) is 20.8. The monoisotopic (exact) mass is 391 g/mol. The highest BCUT2D eigenvalue weighted by Crippen LogP contribution is 2.27. The fraction of sp³-hybridized carbons (Fsp3) is 0.0870. The minimum Gasteiger partial charge on any atom is -0.508 e. The lowest BCUT2D eigenvalue weighted by Crippen LogP contribution is -1.88. The SMILES string of the molecule is COc1cc(/C=C/c2ccc(O)c(C=NCc3ccc(O)cc3O)c2)ccc1O. The first-order valence-electron chi connectivity index (χ1n) is 8.85. The van der Waals surface area contributed by atoms with E-state index in [1.807, 2.05) is 12.2 Å². The van der Waals surface area contributed by atoms with Crippen LogP contribution in [0.25, 0.3) is 12.2 Å². The fourth-order valence-electron chi connectivity index (χ4n) is 2.70. The van der Waals surface area contributed by atoms with E-state index in [4.69, 9.17) is 4.74 Å². The molecule has 0 aromatic heterocycles. The van der Waals surface area contributed by atoms with Gasteiger partial charge in [-0.1, -0.05) is 24.3 Å². The zero-order valence-corrected chi connectivity index (χ0v) is 15.8. The van der Waals surface area contributed by atoms with Crippen molar-refractivity contribution >= 4 is 18.4 Å². The number of ether oxygens (including phenoxy) is 1. The Balaban J connectivity index is 1.75. The summed E-state index contributed by atoms with van der Waals surface area (Å²) < 4.78 is 5.10. The van der Waals surface area contributed by atoms with Gasteiger partial charge in [-0.25, -0.2) is 0 Å². The molecular weight excluding hydrogens is 370 g/mol. The van der Waals surface area contributed by atoms with E-state index in [2.05, 4.69) is 4.99 Å². The summed E-state index contributed by atoms with van der Waals surface area (Å²) in [5.74, 6) is 0.508. The van der Waals surface area contributed by atoms with Gasteiger partial charge in [-0.05, 0) is 47.5 Å². The Labute approximate surface area is 168 Å². The van der Waals surface area contributed by atoms with Crippen LogP contribution >= 0.6 is 0 Å². The van der Waals surface area contributed by atoms with E-state index in [0.717, 1.165) is 11.1 Å². The third kappa shape index (κ3) is 5.07. The van der Waals surface area contributed by atoms with E-state index in [1.165, 1.54) is 25.5 Å². The van der Waals surface area contributed by atoms with Gasteiger partial charge in [-0.3, -0.25) is 4.99 Å². The molecule has 0 bridgehead atoms. The number of phenolic OH excluding ortho intramolecular Hbond substituents is 4. The summed E-state index contributed by atoms with van der Waals surface area (Å²) in [5, 5.41) is 38.9. The summed E-state index contributed by atoms with van der Waals surface area (Å²) in [7, 11) is 1.49. The Kier molecular flexibility index (Phi) is 6.04. The third-order valence-electron chi connectivity index (χ3n) is 4.28. The van der Waals surface area contributed by atoms with Crippen molar-refractivity contribution in [1.29, 1.82) is 0 Å². The van der Waals surface area contributed by atoms with Crippen molar-refractivity contribution in [3.05, 3.63) is 76.9 Å². The van der Waals surface area contributed by atoms with E-state index >= 15 is 0 Å². The molecule has 0 unspecified atom stereocenters. The van der Waals surface area contributed by atoms with E-state index in [1.54, 1.807) is 42.5 Å². The Bertz CT molecular complexity index is 1070. The number of methoxy groups -OCH3 is 1.